The lowest BCUT2D eigenvalue weighted by molar-refractivity contribution is -0.126. The summed E-state index contributed by atoms with van der Waals surface area (Å²) in [6.45, 7) is 8.12. The monoisotopic (exact) mass is 321 g/mol. The van der Waals surface area contributed by atoms with Crippen molar-refractivity contribution in [3.05, 3.63) is 29.9 Å². The smallest absolute Gasteiger partial charge is 0.240 e. The first-order valence-electron chi connectivity index (χ1n) is 8.22. The molecule has 0 bridgehead atoms. The highest BCUT2D eigenvalue weighted by molar-refractivity contribution is 5.76. The topological polar surface area (TPSA) is 65.4 Å². The van der Waals surface area contributed by atoms with Crippen LogP contribution in [0, 0.1) is 0 Å². The fraction of sp³-hybridized carbons (Fsp3) is 0.647. The fourth-order valence-corrected chi connectivity index (χ4v) is 2.59. The number of rotatable bonds is 7. The zero-order valence-corrected chi connectivity index (χ0v) is 14.2. The molecule has 2 atom stereocenters. The van der Waals surface area contributed by atoms with Gasteiger partial charge in [0, 0.05) is 25.4 Å². The normalized spacial score (nSPS) is 21.0. The lowest BCUT2D eigenvalue weighted by Gasteiger charge is -2.32. The quantitative estimate of drug-likeness (QED) is 0.776. The van der Waals surface area contributed by atoms with Crippen LogP contribution in [0.15, 0.2) is 24.0 Å². The van der Waals surface area contributed by atoms with Crippen LogP contribution in [-0.2, 0) is 27.2 Å². The van der Waals surface area contributed by atoms with Gasteiger partial charge >= 0.3 is 0 Å². The number of amides is 1. The average molecular weight is 321 g/mol. The SMILES string of the molecule is CCc1nccn1CC(=O)N[C@@H]1CCOC[C@H]1OCC=C(C)C. The first-order valence-corrected chi connectivity index (χ1v) is 8.22. The van der Waals surface area contributed by atoms with Gasteiger partial charge in [-0.25, -0.2) is 4.98 Å². The summed E-state index contributed by atoms with van der Waals surface area (Å²) in [5, 5.41) is 3.08. The van der Waals surface area contributed by atoms with E-state index in [1.165, 1.54) is 5.57 Å². The highest BCUT2D eigenvalue weighted by Gasteiger charge is 2.27. The van der Waals surface area contributed by atoms with E-state index < -0.39 is 0 Å². The molecule has 1 amide bonds. The lowest BCUT2D eigenvalue weighted by atomic mass is 10.1. The molecule has 0 radical (unpaired) electrons. The van der Waals surface area contributed by atoms with Crippen molar-refractivity contribution in [2.24, 2.45) is 0 Å². The van der Waals surface area contributed by atoms with Crippen LogP contribution >= 0.6 is 0 Å². The number of aromatic nitrogens is 2. The summed E-state index contributed by atoms with van der Waals surface area (Å²) in [7, 11) is 0. The standard InChI is InChI=1S/C17H27N3O3/c1-4-16-18-7-8-20(16)11-17(21)19-14-6-9-22-12-15(14)23-10-5-13(2)3/h5,7-8,14-15H,4,6,9-12H2,1-3H3,(H,19,21)/t14-,15-/m1/s1. The number of hydrogen-bond donors (Lipinski definition) is 1. The second kappa shape index (κ2) is 8.84. The molecule has 1 saturated heterocycles. The van der Waals surface area contributed by atoms with E-state index in [0.29, 0.717) is 26.4 Å². The number of nitrogens with one attached hydrogen (secondary N) is 1. The van der Waals surface area contributed by atoms with Gasteiger partial charge in [-0.1, -0.05) is 18.6 Å². The molecule has 1 N–H and O–H groups in total. The highest BCUT2D eigenvalue weighted by Crippen LogP contribution is 2.12. The number of carbonyl (C=O) groups is 1. The molecule has 128 valence electrons. The van der Waals surface area contributed by atoms with Gasteiger partial charge in [0.05, 0.1) is 19.3 Å². The molecule has 1 aliphatic rings. The minimum Gasteiger partial charge on any atom is -0.379 e. The minimum atomic E-state index is -0.100. The Hall–Kier alpha value is -1.66. The zero-order chi connectivity index (χ0) is 16.7. The summed E-state index contributed by atoms with van der Waals surface area (Å²) in [5.74, 6) is 0.906. The van der Waals surface area contributed by atoms with E-state index >= 15 is 0 Å². The largest absolute Gasteiger partial charge is 0.379 e. The molecule has 2 rings (SSSR count). The van der Waals surface area contributed by atoms with E-state index in [9.17, 15) is 4.79 Å². The predicted octanol–water partition coefficient (Wildman–Crippen LogP) is 1.70. The van der Waals surface area contributed by atoms with E-state index in [-0.39, 0.29) is 18.1 Å². The molecule has 6 nitrogen and oxygen atoms in total. The maximum absolute atomic E-state index is 12.3. The van der Waals surface area contributed by atoms with Crippen LogP contribution in [0.4, 0.5) is 0 Å². The van der Waals surface area contributed by atoms with Crippen LogP contribution in [-0.4, -0.2) is 47.4 Å². The number of nitrogens with zero attached hydrogens (tertiary/aromatic N) is 2. The Bertz CT molecular complexity index is 535. The number of hydrogen-bond acceptors (Lipinski definition) is 4. The average Bonchev–Trinajstić information content (AvgIpc) is 2.95. The Morgan fingerprint density at radius 2 is 2.39 bits per heavy atom. The van der Waals surface area contributed by atoms with Gasteiger partial charge in [0.15, 0.2) is 0 Å². The molecule has 0 spiro atoms. The molecule has 1 fully saturated rings. The Labute approximate surface area is 137 Å². The molecule has 0 saturated carbocycles. The van der Waals surface area contributed by atoms with E-state index in [0.717, 1.165) is 18.7 Å². The van der Waals surface area contributed by atoms with Gasteiger partial charge in [-0.3, -0.25) is 4.79 Å². The summed E-state index contributed by atoms with van der Waals surface area (Å²) in [6, 6.07) is -0.00425. The van der Waals surface area contributed by atoms with Crippen LogP contribution < -0.4 is 5.32 Å². The van der Waals surface area contributed by atoms with Crippen molar-refractivity contribution in [2.75, 3.05) is 19.8 Å². The Kier molecular flexibility index (Phi) is 6.80. The summed E-state index contributed by atoms with van der Waals surface area (Å²) in [6.07, 6.45) is 7.09. The molecule has 1 aromatic rings. The van der Waals surface area contributed by atoms with Crippen molar-refractivity contribution in [2.45, 2.75) is 52.3 Å². The molecular formula is C17H27N3O3. The third-order valence-corrected chi connectivity index (χ3v) is 3.88. The van der Waals surface area contributed by atoms with Crippen molar-refractivity contribution in [1.82, 2.24) is 14.9 Å². The third kappa shape index (κ3) is 5.48. The first kappa shape index (κ1) is 17.7. The van der Waals surface area contributed by atoms with Crippen molar-refractivity contribution in [3.8, 4) is 0 Å². The molecule has 2 heterocycles. The molecule has 1 aliphatic heterocycles. The molecule has 6 heteroatoms. The maximum Gasteiger partial charge on any atom is 0.240 e. The molecule has 0 aliphatic carbocycles. The van der Waals surface area contributed by atoms with Crippen molar-refractivity contribution >= 4 is 5.91 Å². The van der Waals surface area contributed by atoms with Gasteiger partial charge in [0.25, 0.3) is 0 Å². The Morgan fingerprint density at radius 1 is 1.57 bits per heavy atom. The van der Waals surface area contributed by atoms with Crippen LogP contribution in [0.25, 0.3) is 0 Å². The van der Waals surface area contributed by atoms with Gasteiger partial charge in [-0.05, 0) is 20.3 Å². The van der Waals surface area contributed by atoms with E-state index in [1.54, 1.807) is 6.20 Å². The van der Waals surface area contributed by atoms with Crippen LogP contribution in [0.2, 0.25) is 0 Å². The maximum atomic E-state index is 12.3. The Balaban J connectivity index is 1.87. The molecule has 0 unspecified atom stereocenters. The summed E-state index contributed by atoms with van der Waals surface area (Å²) in [5.41, 5.74) is 1.22. The van der Waals surface area contributed by atoms with Crippen LogP contribution in [0.3, 0.4) is 0 Å². The van der Waals surface area contributed by atoms with Gasteiger partial charge in [-0.2, -0.15) is 0 Å². The lowest BCUT2D eigenvalue weighted by Crippen LogP contribution is -2.50. The molecule has 1 aromatic heterocycles. The third-order valence-electron chi connectivity index (χ3n) is 3.88. The number of carbonyl (C=O) groups excluding carboxylic acids is 1. The van der Waals surface area contributed by atoms with Gasteiger partial charge in [0.1, 0.15) is 18.5 Å². The Morgan fingerprint density at radius 3 is 3.13 bits per heavy atom. The number of imidazole rings is 1. The summed E-state index contributed by atoms with van der Waals surface area (Å²) in [4.78, 5) is 16.5. The predicted molar refractivity (Wildman–Crippen MR) is 88.1 cm³/mol. The zero-order valence-electron chi connectivity index (χ0n) is 14.2. The van der Waals surface area contributed by atoms with Crippen molar-refractivity contribution in [1.29, 1.82) is 0 Å². The molecule has 23 heavy (non-hydrogen) atoms. The highest BCUT2D eigenvalue weighted by atomic mass is 16.5. The minimum absolute atomic E-state index is 0.00425. The number of ether oxygens (including phenoxy) is 2. The number of aryl methyl sites for hydroxylation is 1. The second-order valence-corrected chi connectivity index (χ2v) is 6.02. The molecular weight excluding hydrogens is 294 g/mol. The number of allylic oxidation sites excluding steroid dienone is 1. The molecule has 0 aromatic carbocycles. The van der Waals surface area contributed by atoms with Gasteiger partial charge in [-0.15, -0.1) is 0 Å². The van der Waals surface area contributed by atoms with Crippen LogP contribution in [0.5, 0.6) is 0 Å². The second-order valence-electron chi connectivity index (χ2n) is 6.02. The van der Waals surface area contributed by atoms with Gasteiger partial charge < -0.3 is 19.4 Å². The first-order chi connectivity index (χ1) is 11.1. The summed E-state index contributed by atoms with van der Waals surface area (Å²) >= 11 is 0. The van der Waals surface area contributed by atoms with E-state index in [4.69, 9.17) is 9.47 Å². The van der Waals surface area contributed by atoms with E-state index in [2.05, 4.69) is 10.3 Å². The fourth-order valence-electron chi connectivity index (χ4n) is 2.59. The van der Waals surface area contributed by atoms with E-state index in [1.807, 2.05) is 37.6 Å². The van der Waals surface area contributed by atoms with Gasteiger partial charge in [0.2, 0.25) is 5.91 Å². The summed E-state index contributed by atoms with van der Waals surface area (Å²) < 4.78 is 13.2. The van der Waals surface area contributed by atoms with Crippen LogP contribution in [0.1, 0.15) is 33.0 Å². The van der Waals surface area contributed by atoms with Crippen molar-refractivity contribution < 1.29 is 14.3 Å². The van der Waals surface area contributed by atoms with Crippen molar-refractivity contribution in [3.63, 3.8) is 0 Å².